The molecule has 0 heterocycles. The van der Waals surface area contributed by atoms with Crippen LogP contribution in [0.15, 0.2) is 0 Å². The molecule has 0 rings (SSSR count). The van der Waals surface area contributed by atoms with Crippen LogP contribution in [-0.4, -0.2) is 22.3 Å². The third kappa shape index (κ3) is 9.43. The molecule has 1 atom stereocenters. The zero-order valence-electron chi connectivity index (χ0n) is 6.92. The number of unbranched alkanes of at least 4 members (excludes halogenated alkanes) is 2. The number of carbonyl (C=O) groups is 1. The first-order chi connectivity index (χ1) is 5.13. The SMILES string of the molecule is C[C@@H](O)CCCCCC(=O)O. The predicted octanol–water partition coefficient (Wildman–Crippen LogP) is 1.40. The average Bonchev–Trinajstić information content (AvgIpc) is 1.85. The van der Waals surface area contributed by atoms with Crippen LogP contribution in [0.25, 0.3) is 0 Å². The lowest BCUT2D eigenvalue weighted by Crippen LogP contribution is -1.99. The standard InChI is InChI=1S/C8H16O3/c1-7(9)5-3-2-4-6-8(10)11/h7,9H,2-6H2,1H3,(H,10,11)/t7-/m1/s1. The van der Waals surface area contributed by atoms with Crippen molar-refractivity contribution >= 4 is 5.97 Å². The second-order valence-electron chi connectivity index (χ2n) is 2.84. The van der Waals surface area contributed by atoms with Crippen LogP contribution in [0.5, 0.6) is 0 Å². The summed E-state index contributed by atoms with van der Waals surface area (Å²) in [6.45, 7) is 1.75. The summed E-state index contributed by atoms with van der Waals surface area (Å²) in [5.41, 5.74) is 0. The van der Waals surface area contributed by atoms with Crippen molar-refractivity contribution in [1.29, 1.82) is 0 Å². The van der Waals surface area contributed by atoms with E-state index in [0.717, 1.165) is 25.7 Å². The van der Waals surface area contributed by atoms with Crippen molar-refractivity contribution in [2.24, 2.45) is 0 Å². The highest BCUT2D eigenvalue weighted by Gasteiger charge is 1.98. The summed E-state index contributed by atoms with van der Waals surface area (Å²) >= 11 is 0. The lowest BCUT2D eigenvalue weighted by molar-refractivity contribution is -0.137. The Morgan fingerprint density at radius 1 is 1.36 bits per heavy atom. The molecule has 0 aliphatic carbocycles. The van der Waals surface area contributed by atoms with Gasteiger partial charge in [-0.15, -0.1) is 0 Å². The van der Waals surface area contributed by atoms with Crippen LogP contribution in [0.4, 0.5) is 0 Å². The summed E-state index contributed by atoms with van der Waals surface area (Å²) in [4.78, 5) is 10.0. The largest absolute Gasteiger partial charge is 0.481 e. The maximum absolute atomic E-state index is 10.0. The summed E-state index contributed by atoms with van der Waals surface area (Å²) in [5, 5.41) is 17.1. The third-order valence-corrected chi connectivity index (χ3v) is 1.51. The van der Waals surface area contributed by atoms with Gasteiger partial charge in [0.2, 0.25) is 0 Å². The summed E-state index contributed by atoms with van der Waals surface area (Å²) in [5.74, 6) is -0.734. The van der Waals surface area contributed by atoms with Crippen molar-refractivity contribution in [2.45, 2.75) is 45.1 Å². The Labute approximate surface area is 67.0 Å². The van der Waals surface area contributed by atoms with Gasteiger partial charge < -0.3 is 10.2 Å². The van der Waals surface area contributed by atoms with Gasteiger partial charge in [0.15, 0.2) is 0 Å². The molecule has 0 aromatic carbocycles. The fourth-order valence-corrected chi connectivity index (χ4v) is 0.893. The van der Waals surface area contributed by atoms with Gasteiger partial charge in [0, 0.05) is 6.42 Å². The van der Waals surface area contributed by atoms with Gasteiger partial charge in [0.25, 0.3) is 0 Å². The molecule has 11 heavy (non-hydrogen) atoms. The Hall–Kier alpha value is -0.570. The van der Waals surface area contributed by atoms with Crippen LogP contribution in [0.2, 0.25) is 0 Å². The van der Waals surface area contributed by atoms with Gasteiger partial charge >= 0.3 is 5.97 Å². The van der Waals surface area contributed by atoms with E-state index in [1.165, 1.54) is 0 Å². The fourth-order valence-electron chi connectivity index (χ4n) is 0.893. The van der Waals surface area contributed by atoms with E-state index in [4.69, 9.17) is 10.2 Å². The van der Waals surface area contributed by atoms with Crippen molar-refractivity contribution < 1.29 is 15.0 Å². The number of hydrogen-bond acceptors (Lipinski definition) is 2. The second kappa shape index (κ2) is 6.16. The van der Waals surface area contributed by atoms with Crippen LogP contribution in [0.1, 0.15) is 39.0 Å². The second-order valence-corrected chi connectivity index (χ2v) is 2.84. The van der Waals surface area contributed by atoms with Crippen LogP contribution in [0, 0.1) is 0 Å². The zero-order valence-corrected chi connectivity index (χ0v) is 6.92. The average molecular weight is 160 g/mol. The molecule has 0 aromatic rings. The van der Waals surface area contributed by atoms with E-state index < -0.39 is 5.97 Å². The predicted molar refractivity (Wildman–Crippen MR) is 42.4 cm³/mol. The number of carboxylic acids is 1. The highest BCUT2D eigenvalue weighted by atomic mass is 16.4. The van der Waals surface area contributed by atoms with E-state index >= 15 is 0 Å². The summed E-state index contributed by atoms with van der Waals surface area (Å²) in [7, 11) is 0. The highest BCUT2D eigenvalue weighted by molar-refractivity contribution is 5.66. The van der Waals surface area contributed by atoms with Gasteiger partial charge in [0.1, 0.15) is 0 Å². The number of aliphatic hydroxyl groups excluding tert-OH is 1. The molecule has 0 aliphatic rings. The normalized spacial score (nSPS) is 12.9. The molecule has 0 spiro atoms. The van der Waals surface area contributed by atoms with Gasteiger partial charge in [-0.2, -0.15) is 0 Å². The third-order valence-electron chi connectivity index (χ3n) is 1.51. The molecular formula is C8H16O3. The molecule has 0 saturated carbocycles. The van der Waals surface area contributed by atoms with Crippen molar-refractivity contribution in [3.8, 4) is 0 Å². The number of aliphatic carboxylic acids is 1. The van der Waals surface area contributed by atoms with Gasteiger partial charge in [-0.05, 0) is 19.8 Å². The Morgan fingerprint density at radius 3 is 2.45 bits per heavy atom. The molecule has 0 unspecified atom stereocenters. The number of rotatable bonds is 6. The molecule has 0 aliphatic heterocycles. The molecule has 0 amide bonds. The van der Waals surface area contributed by atoms with E-state index in [9.17, 15) is 4.79 Å². The minimum atomic E-state index is -0.734. The van der Waals surface area contributed by atoms with Crippen molar-refractivity contribution in [3.63, 3.8) is 0 Å². The monoisotopic (exact) mass is 160 g/mol. The highest BCUT2D eigenvalue weighted by Crippen LogP contribution is 2.04. The van der Waals surface area contributed by atoms with E-state index in [-0.39, 0.29) is 12.5 Å². The number of carboxylic acid groups (broad SMARTS) is 1. The Kier molecular flexibility index (Phi) is 5.84. The van der Waals surface area contributed by atoms with Crippen LogP contribution < -0.4 is 0 Å². The molecule has 0 fully saturated rings. The maximum Gasteiger partial charge on any atom is 0.303 e. The van der Waals surface area contributed by atoms with Gasteiger partial charge in [-0.25, -0.2) is 0 Å². The van der Waals surface area contributed by atoms with Gasteiger partial charge in [-0.3, -0.25) is 4.79 Å². The first kappa shape index (κ1) is 10.4. The van der Waals surface area contributed by atoms with E-state index in [1.807, 2.05) is 0 Å². The topological polar surface area (TPSA) is 57.5 Å². The van der Waals surface area contributed by atoms with Crippen molar-refractivity contribution in [3.05, 3.63) is 0 Å². The molecule has 66 valence electrons. The Balaban J connectivity index is 2.97. The van der Waals surface area contributed by atoms with E-state index in [0.29, 0.717) is 0 Å². The lowest BCUT2D eigenvalue weighted by atomic mass is 10.1. The molecule has 3 heteroatoms. The molecule has 0 bridgehead atoms. The quantitative estimate of drug-likeness (QED) is 0.577. The Morgan fingerprint density at radius 2 is 2.00 bits per heavy atom. The summed E-state index contributed by atoms with van der Waals surface area (Å²) in [6, 6.07) is 0. The molecule has 0 radical (unpaired) electrons. The fraction of sp³-hybridized carbons (Fsp3) is 0.875. The van der Waals surface area contributed by atoms with E-state index in [1.54, 1.807) is 6.92 Å². The van der Waals surface area contributed by atoms with E-state index in [2.05, 4.69) is 0 Å². The minimum absolute atomic E-state index is 0.250. The molecular weight excluding hydrogens is 144 g/mol. The lowest BCUT2D eigenvalue weighted by Gasteiger charge is -2.01. The van der Waals surface area contributed by atoms with Crippen molar-refractivity contribution in [2.75, 3.05) is 0 Å². The smallest absolute Gasteiger partial charge is 0.303 e. The molecule has 2 N–H and O–H groups in total. The first-order valence-corrected chi connectivity index (χ1v) is 4.03. The van der Waals surface area contributed by atoms with Crippen molar-refractivity contribution in [1.82, 2.24) is 0 Å². The maximum atomic E-state index is 10.0. The zero-order chi connectivity index (χ0) is 8.69. The summed E-state index contributed by atoms with van der Waals surface area (Å²) in [6.07, 6.45) is 3.32. The molecule has 3 nitrogen and oxygen atoms in total. The Bertz CT molecular complexity index is 110. The van der Waals surface area contributed by atoms with Gasteiger partial charge in [-0.1, -0.05) is 12.8 Å². The number of aliphatic hydroxyl groups is 1. The van der Waals surface area contributed by atoms with Gasteiger partial charge in [0.05, 0.1) is 6.10 Å². The van der Waals surface area contributed by atoms with Crippen LogP contribution in [-0.2, 0) is 4.79 Å². The molecule has 0 saturated heterocycles. The summed E-state index contributed by atoms with van der Waals surface area (Å²) < 4.78 is 0. The van der Waals surface area contributed by atoms with Crippen LogP contribution in [0.3, 0.4) is 0 Å². The number of hydrogen-bond donors (Lipinski definition) is 2. The first-order valence-electron chi connectivity index (χ1n) is 4.03. The molecule has 0 aromatic heterocycles. The van der Waals surface area contributed by atoms with Crippen LogP contribution >= 0.6 is 0 Å². The minimum Gasteiger partial charge on any atom is -0.481 e.